The standard InChI is InChI=1S/C18H31N5O/c1-21-17(14-22-10-12-24-13-11-22)19-20-18(21)15-6-8-23(9-7-15)16-4-2-3-5-16/h15-16H,2-14H2,1H3. The molecule has 0 N–H and O–H groups in total. The Balaban J connectivity index is 1.35. The van der Waals surface area contributed by atoms with Gasteiger partial charge in [0.15, 0.2) is 0 Å². The molecule has 0 aromatic carbocycles. The first-order valence-corrected chi connectivity index (χ1v) is 9.73. The van der Waals surface area contributed by atoms with Crippen LogP contribution < -0.4 is 0 Å². The van der Waals surface area contributed by atoms with Gasteiger partial charge in [0.05, 0.1) is 19.8 Å². The van der Waals surface area contributed by atoms with E-state index in [1.165, 1.54) is 57.4 Å². The molecule has 3 aliphatic rings. The first-order valence-electron chi connectivity index (χ1n) is 9.73. The van der Waals surface area contributed by atoms with Crippen LogP contribution in [0.25, 0.3) is 0 Å². The first kappa shape index (κ1) is 16.5. The summed E-state index contributed by atoms with van der Waals surface area (Å²) in [6.45, 7) is 7.05. The number of morpholine rings is 1. The highest BCUT2D eigenvalue weighted by atomic mass is 16.5. The molecule has 0 unspecified atom stereocenters. The van der Waals surface area contributed by atoms with Gasteiger partial charge < -0.3 is 14.2 Å². The maximum atomic E-state index is 5.43. The van der Waals surface area contributed by atoms with Gasteiger partial charge in [-0.2, -0.15) is 0 Å². The molecule has 1 aliphatic carbocycles. The highest BCUT2D eigenvalue weighted by Gasteiger charge is 2.30. The van der Waals surface area contributed by atoms with Gasteiger partial charge in [-0.15, -0.1) is 10.2 Å². The zero-order valence-electron chi connectivity index (χ0n) is 15.0. The molecule has 0 atom stereocenters. The largest absolute Gasteiger partial charge is 0.379 e. The lowest BCUT2D eigenvalue weighted by Gasteiger charge is -2.35. The summed E-state index contributed by atoms with van der Waals surface area (Å²) in [6, 6.07) is 0.863. The van der Waals surface area contributed by atoms with Crippen LogP contribution >= 0.6 is 0 Å². The van der Waals surface area contributed by atoms with Gasteiger partial charge in [0.2, 0.25) is 0 Å². The number of ether oxygens (including phenoxy) is 1. The van der Waals surface area contributed by atoms with Crippen molar-refractivity contribution < 1.29 is 4.74 Å². The van der Waals surface area contributed by atoms with Crippen molar-refractivity contribution in [1.29, 1.82) is 0 Å². The number of aromatic nitrogens is 3. The molecular weight excluding hydrogens is 302 g/mol. The van der Waals surface area contributed by atoms with E-state index < -0.39 is 0 Å². The fourth-order valence-electron chi connectivity index (χ4n) is 4.62. The second kappa shape index (κ2) is 7.50. The van der Waals surface area contributed by atoms with Crippen molar-refractivity contribution in [3.63, 3.8) is 0 Å². The molecule has 1 aromatic heterocycles. The van der Waals surface area contributed by atoms with Gasteiger partial charge in [0.1, 0.15) is 11.6 Å². The van der Waals surface area contributed by atoms with E-state index in [1.807, 2.05) is 0 Å². The van der Waals surface area contributed by atoms with E-state index in [0.29, 0.717) is 5.92 Å². The Morgan fingerprint density at radius 3 is 2.38 bits per heavy atom. The van der Waals surface area contributed by atoms with Gasteiger partial charge in [-0.3, -0.25) is 4.90 Å². The van der Waals surface area contributed by atoms with E-state index in [1.54, 1.807) is 0 Å². The number of hydrogen-bond donors (Lipinski definition) is 0. The fraction of sp³-hybridized carbons (Fsp3) is 0.889. The zero-order valence-corrected chi connectivity index (χ0v) is 15.0. The summed E-state index contributed by atoms with van der Waals surface area (Å²) in [6.07, 6.45) is 8.16. The third-order valence-corrected chi connectivity index (χ3v) is 6.20. The highest BCUT2D eigenvalue weighted by molar-refractivity contribution is 5.04. The van der Waals surface area contributed by atoms with Crippen molar-refractivity contribution in [3.8, 4) is 0 Å². The normalized spacial score (nSPS) is 25.5. The van der Waals surface area contributed by atoms with Crippen LogP contribution in [0.4, 0.5) is 0 Å². The summed E-state index contributed by atoms with van der Waals surface area (Å²) >= 11 is 0. The maximum absolute atomic E-state index is 5.43. The Labute approximate surface area is 145 Å². The van der Waals surface area contributed by atoms with E-state index in [2.05, 4.69) is 31.6 Å². The summed E-state index contributed by atoms with van der Waals surface area (Å²) in [5.41, 5.74) is 0. The third-order valence-electron chi connectivity index (χ3n) is 6.20. The Kier molecular flexibility index (Phi) is 5.15. The molecule has 2 aliphatic heterocycles. The van der Waals surface area contributed by atoms with E-state index in [-0.39, 0.29) is 0 Å². The monoisotopic (exact) mass is 333 g/mol. The number of likely N-dealkylation sites (tertiary alicyclic amines) is 1. The fourth-order valence-corrected chi connectivity index (χ4v) is 4.62. The lowest BCUT2D eigenvalue weighted by molar-refractivity contribution is 0.0326. The van der Waals surface area contributed by atoms with Crippen LogP contribution in [-0.2, 0) is 18.3 Å². The predicted molar refractivity (Wildman–Crippen MR) is 92.9 cm³/mol. The van der Waals surface area contributed by atoms with Gasteiger partial charge in [-0.05, 0) is 38.8 Å². The molecule has 1 saturated carbocycles. The molecule has 1 aromatic rings. The summed E-state index contributed by atoms with van der Waals surface area (Å²) in [5, 5.41) is 9.06. The Morgan fingerprint density at radius 2 is 1.67 bits per heavy atom. The van der Waals surface area contributed by atoms with Gasteiger partial charge in [0.25, 0.3) is 0 Å². The molecule has 134 valence electrons. The van der Waals surface area contributed by atoms with Crippen LogP contribution in [0.3, 0.4) is 0 Å². The average molecular weight is 333 g/mol. The van der Waals surface area contributed by atoms with Crippen molar-refractivity contribution in [3.05, 3.63) is 11.6 Å². The molecule has 0 bridgehead atoms. The zero-order chi connectivity index (χ0) is 16.4. The average Bonchev–Trinajstić information content (AvgIpc) is 3.27. The van der Waals surface area contributed by atoms with E-state index in [9.17, 15) is 0 Å². The number of hydrogen-bond acceptors (Lipinski definition) is 5. The van der Waals surface area contributed by atoms with Gasteiger partial charge in [0, 0.05) is 32.1 Å². The molecule has 6 nitrogen and oxygen atoms in total. The molecule has 3 fully saturated rings. The lowest BCUT2D eigenvalue weighted by atomic mass is 9.94. The Bertz CT molecular complexity index is 526. The van der Waals surface area contributed by atoms with E-state index in [0.717, 1.165) is 44.7 Å². The second-order valence-corrected chi connectivity index (χ2v) is 7.67. The summed E-state index contributed by atoms with van der Waals surface area (Å²) in [4.78, 5) is 5.15. The number of piperidine rings is 1. The highest BCUT2D eigenvalue weighted by Crippen LogP contribution is 2.31. The van der Waals surface area contributed by atoms with Gasteiger partial charge >= 0.3 is 0 Å². The Morgan fingerprint density at radius 1 is 0.958 bits per heavy atom. The van der Waals surface area contributed by atoms with Crippen LogP contribution in [0.15, 0.2) is 0 Å². The van der Waals surface area contributed by atoms with Crippen molar-refractivity contribution in [2.75, 3.05) is 39.4 Å². The smallest absolute Gasteiger partial charge is 0.146 e. The topological polar surface area (TPSA) is 46.4 Å². The maximum Gasteiger partial charge on any atom is 0.146 e. The summed E-state index contributed by atoms with van der Waals surface area (Å²) < 4.78 is 7.69. The van der Waals surface area contributed by atoms with Crippen LogP contribution in [0, 0.1) is 0 Å². The molecule has 6 heteroatoms. The number of nitrogens with zero attached hydrogens (tertiary/aromatic N) is 5. The summed E-state index contributed by atoms with van der Waals surface area (Å²) in [5.74, 6) is 2.88. The second-order valence-electron chi connectivity index (χ2n) is 7.67. The molecule has 0 radical (unpaired) electrons. The molecule has 2 saturated heterocycles. The van der Waals surface area contributed by atoms with Gasteiger partial charge in [-0.25, -0.2) is 0 Å². The molecule has 24 heavy (non-hydrogen) atoms. The predicted octanol–water partition coefficient (Wildman–Crippen LogP) is 1.77. The minimum Gasteiger partial charge on any atom is -0.379 e. The van der Waals surface area contributed by atoms with Crippen LogP contribution in [0.5, 0.6) is 0 Å². The first-order chi connectivity index (χ1) is 11.8. The minimum absolute atomic E-state index is 0.582. The van der Waals surface area contributed by atoms with Crippen molar-refractivity contribution in [2.24, 2.45) is 7.05 Å². The van der Waals surface area contributed by atoms with E-state index in [4.69, 9.17) is 4.74 Å². The molecule has 3 heterocycles. The molecule has 0 spiro atoms. The molecule has 0 amide bonds. The van der Waals surface area contributed by atoms with Crippen molar-refractivity contribution in [2.45, 2.75) is 57.0 Å². The number of rotatable bonds is 4. The van der Waals surface area contributed by atoms with E-state index >= 15 is 0 Å². The van der Waals surface area contributed by atoms with Crippen molar-refractivity contribution >= 4 is 0 Å². The van der Waals surface area contributed by atoms with Crippen LogP contribution in [-0.4, -0.2) is 70.0 Å². The van der Waals surface area contributed by atoms with Gasteiger partial charge in [-0.1, -0.05) is 12.8 Å². The Hall–Kier alpha value is -0.980. The van der Waals surface area contributed by atoms with Crippen LogP contribution in [0.2, 0.25) is 0 Å². The third kappa shape index (κ3) is 3.51. The minimum atomic E-state index is 0.582. The SMILES string of the molecule is Cn1c(CN2CCOCC2)nnc1C1CCN(C2CCCC2)CC1. The lowest BCUT2D eigenvalue weighted by Crippen LogP contribution is -2.40. The quantitative estimate of drug-likeness (QED) is 0.840. The summed E-state index contributed by atoms with van der Waals surface area (Å²) in [7, 11) is 2.15. The van der Waals surface area contributed by atoms with Crippen LogP contribution in [0.1, 0.15) is 56.1 Å². The molecule has 4 rings (SSSR count). The van der Waals surface area contributed by atoms with Crippen molar-refractivity contribution in [1.82, 2.24) is 24.6 Å². The molecular formula is C18H31N5O.